The van der Waals surface area contributed by atoms with Gasteiger partial charge in [-0.15, -0.1) is 0 Å². The third-order valence-corrected chi connectivity index (χ3v) is 3.03. The summed E-state index contributed by atoms with van der Waals surface area (Å²) in [4.78, 5) is 16.0. The van der Waals surface area contributed by atoms with Gasteiger partial charge in [-0.3, -0.25) is 9.78 Å². The van der Waals surface area contributed by atoms with E-state index in [2.05, 4.69) is 4.98 Å². The average Bonchev–Trinajstić information content (AvgIpc) is 2.33. The van der Waals surface area contributed by atoms with Gasteiger partial charge in [-0.25, -0.2) is 0 Å². The topological polar surface area (TPSA) is 56.0 Å². The van der Waals surface area contributed by atoms with Gasteiger partial charge in [0.15, 0.2) is 0 Å². The van der Waals surface area contributed by atoms with E-state index in [1.165, 1.54) is 6.20 Å². The van der Waals surface area contributed by atoms with Crippen LogP contribution in [0.25, 0.3) is 0 Å². The number of aromatic nitrogens is 1. The number of carbonyl (C=O) groups is 1. The van der Waals surface area contributed by atoms with Crippen molar-refractivity contribution in [1.29, 1.82) is 0 Å². The monoisotopic (exact) mass is 266 g/mol. The van der Waals surface area contributed by atoms with Gasteiger partial charge in [0.1, 0.15) is 5.69 Å². The number of pyridine rings is 1. The fourth-order valence-electron chi connectivity index (χ4n) is 1.36. The molecule has 1 heterocycles. The number of hydrogen-bond donors (Lipinski definition) is 1. The Morgan fingerprint density at radius 3 is 2.59 bits per heavy atom. The van der Waals surface area contributed by atoms with Gasteiger partial charge < -0.3 is 5.73 Å². The molecule has 3 nitrogen and oxygen atoms in total. The molecule has 2 rings (SSSR count). The van der Waals surface area contributed by atoms with E-state index in [9.17, 15) is 4.79 Å². The smallest absolute Gasteiger partial charge is 0.212 e. The number of nitrogens with zero attached hydrogens (tertiary/aromatic N) is 1. The van der Waals surface area contributed by atoms with Crippen molar-refractivity contribution in [3.63, 3.8) is 0 Å². The van der Waals surface area contributed by atoms with Gasteiger partial charge in [-0.05, 0) is 24.3 Å². The minimum absolute atomic E-state index is 0.234. The Balaban J connectivity index is 2.44. The van der Waals surface area contributed by atoms with Gasteiger partial charge in [0, 0.05) is 5.56 Å². The van der Waals surface area contributed by atoms with E-state index in [-0.39, 0.29) is 16.5 Å². The number of rotatable bonds is 2. The van der Waals surface area contributed by atoms with Crippen molar-refractivity contribution in [2.75, 3.05) is 5.73 Å². The molecular weight excluding hydrogens is 259 g/mol. The molecule has 0 aliphatic rings. The van der Waals surface area contributed by atoms with E-state index in [1.807, 2.05) is 0 Å². The van der Waals surface area contributed by atoms with Crippen LogP contribution in [0.2, 0.25) is 10.0 Å². The minimum atomic E-state index is -0.280. The lowest BCUT2D eigenvalue weighted by Gasteiger charge is -2.04. The molecule has 1 aromatic heterocycles. The summed E-state index contributed by atoms with van der Waals surface area (Å²) in [5.41, 5.74) is 6.61. The van der Waals surface area contributed by atoms with Gasteiger partial charge in [0.05, 0.1) is 21.9 Å². The predicted molar refractivity (Wildman–Crippen MR) is 68.5 cm³/mol. The summed E-state index contributed by atoms with van der Waals surface area (Å²) >= 11 is 11.8. The summed E-state index contributed by atoms with van der Waals surface area (Å²) in [6.45, 7) is 0. The van der Waals surface area contributed by atoms with Crippen molar-refractivity contribution in [2.45, 2.75) is 0 Å². The fourth-order valence-corrected chi connectivity index (χ4v) is 1.74. The standard InChI is InChI=1S/C12H8Cl2N2O/c13-9-3-1-2-8(11(9)14)12(17)10-5-4-7(15)6-16-10/h1-6H,15H2. The number of nitrogen functional groups attached to an aromatic ring is 1. The van der Waals surface area contributed by atoms with Crippen molar-refractivity contribution < 1.29 is 4.79 Å². The number of halogens is 2. The van der Waals surface area contributed by atoms with E-state index in [0.29, 0.717) is 16.3 Å². The number of nitrogens with two attached hydrogens (primary N) is 1. The predicted octanol–water partition coefficient (Wildman–Crippen LogP) is 3.20. The van der Waals surface area contributed by atoms with Crippen molar-refractivity contribution in [2.24, 2.45) is 0 Å². The van der Waals surface area contributed by atoms with Crippen LogP contribution in [-0.4, -0.2) is 10.8 Å². The Morgan fingerprint density at radius 1 is 1.18 bits per heavy atom. The van der Waals surface area contributed by atoms with Crippen molar-refractivity contribution in [3.8, 4) is 0 Å². The summed E-state index contributed by atoms with van der Waals surface area (Å²) in [5, 5.41) is 0.575. The van der Waals surface area contributed by atoms with Crippen LogP contribution < -0.4 is 5.73 Å². The second kappa shape index (κ2) is 4.73. The highest BCUT2D eigenvalue weighted by Crippen LogP contribution is 2.27. The normalized spacial score (nSPS) is 10.2. The lowest BCUT2D eigenvalue weighted by atomic mass is 10.1. The Labute approximate surface area is 108 Å². The van der Waals surface area contributed by atoms with Crippen LogP contribution in [-0.2, 0) is 0 Å². The van der Waals surface area contributed by atoms with Gasteiger partial charge in [0.2, 0.25) is 5.78 Å². The van der Waals surface area contributed by atoms with Gasteiger partial charge in [0.25, 0.3) is 0 Å². The van der Waals surface area contributed by atoms with Crippen LogP contribution in [0.4, 0.5) is 5.69 Å². The molecule has 0 saturated carbocycles. The Kier molecular flexibility index (Phi) is 3.31. The van der Waals surface area contributed by atoms with E-state index in [1.54, 1.807) is 30.3 Å². The minimum Gasteiger partial charge on any atom is -0.397 e. The first kappa shape index (κ1) is 11.9. The summed E-state index contributed by atoms with van der Waals surface area (Å²) < 4.78 is 0. The number of anilines is 1. The van der Waals surface area contributed by atoms with E-state index >= 15 is 0 Å². The summed E-state index contributed by atoms with van der Waals surface area (Å²) in [7, 11) is 0. The maximum Gasteiger partial charge on any atom is 0.212 e. The highest BCUT2D eigenvalue weighted by molar-refractivity contribution is 6.44. The number of ketones is 1. The van der Waals surface area contributed by atoms with Gasteiger partial charge in [-0.2, -0.15) is 0 Å². The molecular formula is C12H8Cl2N2O. The third-order valence-electron chi connectivity index (χ3n) is 2.22. The molecule has 0 radical (unpaired) electrons. The molecule has 0 aliphatic carbocycles. The number of carbonyl (C=O) groups excluding carboxylic acids is 1. The number of benzene rings is 1. The molecule has 0 unspecified atom stereocenters. The van der Waals surface area contributed by atoms with Crippen molar-refractivity contribution in [1.82, 2.24) is 4.98 Å². The van der Waals surface area contributed by atoms with Crippen LogP contribution in [0, 0.1) is 0 Å². The number of hydrogen-bond acceptors (Lipinski definition) is 3. The van der Waals surface area contributed by atoms with Crippen LogP contribution in [0.5, 0.6) is 0 Å². The molecule has 0 amide bonds. The molecule has 1 aromatic carbocycles. The summed E-state index contributed by atoms with van der Waals surface area (Å²) in [6, 6.07) is 8.05. The molecule has 0 saturated heterocycles. The van der Waals surface area contributed by atoms with Gasteiger partial charge >= 0.3 is 0 Å². The van der Waals surface area contributed by atoms with Crippen LogP contribution in [0.3, 0.4) is 0 Å². The molecule has 2 aromatic rings. The van der Waals surface area contributed by atoms with Crippen molar-refractivity contribution >= 4 is 34.7 Å². The first-order valence-electron chi connectivity index (χ1n) is 4.80. The zero-order valence-corrected chi connectivity index (χ0v) is 10.2. The van der Waals surface area contributed by atoms with E-state index in [0.717, 1.165) is 0 Å². The zero-order valence-electron chi connectivity index (χ0n) is 8.65. The SMILES string of the molecule is Nc1ccc(C(=O)c2cccc(Cl)c2Cl)nc1. The lowest BCUT2D eigenvalue weighted by Crippen LogP contribution is -2.05. The second-order valence-electron chi connectivity index (χ2n) is 3.41. The fraction of sp³-hybridized carbons (Fsp3) is 0. The Morgan fingerprint density at radius 2 is 1.94 bits per heavy atom. The highest BCUT2D eigenvalue weighted by atomic mass is 35.5. The quantitative estimate of drug-likeness (QED) is 0.850. The summed E-state index contributed by atoms with van der Waals surface area (Å²) in [5.74, 6) is -0.280. The van der Waals surface area contributed by atoms with Crippen LogP contribution >= 0.6 is 23.2 Å². The maximum absolute atomic E-state index is 12.1. The molecule has 5 heteroatoms. The Bertz CT molecular complexity index is 567. The maximum atomic E-state index is 12.1. The van der Waals surface area contributed by atoms with Crippen LogP contribution in [0.15, 0.2) is 36.5 Å². The molecule has 0 fully saturated rings. The zero-order chi connectivity index (χ0) is 12.4. The van der Waals surface area contributed by atoms with E-state index in [4.69, 9.17) is 28.9 Å². The third kappa shape index (κ3) is 2.40. The van der Waals surface area contributed by atoms with E-state index < -0.39 is 0 Å². The molecule has 0 bridgehead atoms. The molecule has 86 valence electrons. The van der Waals surface area contributed by atoms with Gasteiger partial charge in [-0.1, -0.05) is 29.3 Å². The average molecular weight is 267 g/mol. The second-order valence-corrected chi connectivity index (χ2v) is 4.19. The molecule has 0 spiro atoms. The van der Waals surface area contributed by atoms with Crippen molar-refractivity contribution in [3.05, 3.63) is 57.8 Å². The molecule has 0 atom stereocenters. The lowest BCUT2D eigenvalue weighted by molar-refractivity contribution is 0.103. The highest BCUT2D eigenvalue weighted by Gasteiger charge is 2.15. The first-order valence-corrected chi connectivity index (χ1v) is 5.55. The summed E-state index contributed by atoms with van der Waals surface area (Å²) in [6.07, 6.45) is 1.42. The molecule has 2 N–H and O–H groups in total. The van der Waals surface area contributed by atoms with Crippen LogP contribution in [0.1, 0.15) is 16.1 Å². The molecule has 17 heavy (non-hydrogen) atoms. The first-order chi connectivity index (χ1) is 8.09. The Hall–Kier alpha value is -1.58. The molecule has 0 aliphatic heterocycles. The largest absolute Gasteiger partial charge is 0.397 e.